The maximum absolute atomic E-state index is 5.50. The molecule has 0 atom stereocenters. The van der Waals surface area contributed by atoms with Crippen LogP contribution >= 0.6 is 0 Å². The van der Waals surface area contributed by atoms with E-state index in [0.29, 0.717) is 18.5 Å². The van der Waals surface area contributed by atoms with Gasteiger partial charge in [0.25, 0.3) is 0 Å². The van der Waals surface area contributed by atoms with Gasteiger partial charge in [0.2, 0.25) is 5.89 Å². The van der Waals surface area contributed by atoms with Gasteiger partial charge in [-0.1, -0.05) is 36.3 Å². The maximum Gasteiger partial charge on any atom is 0.315 e. The molecule has 5 heteroatoms. The van der Waals surface area contributed by atoms with Crippen LogP contribution in [-0.2, 0) is 13.0 Å². The molecule has 0 aliphatic heterocycles. The third-order valence-electron chi connectivity index (χ3n) is 3.10. The van der Waals surface area contributed by atoms with Crippen molar-refractivity contribution in [3.05, 3.63) is 41.3 Å². The van der Waals surface area contributed by atoms with Crippen LogP contribution < -0.4 is 10.6 Å². The second-order valence-electron chi connectivity index (χ2n) is 4.78. The summed E-state index contributed by atoms with van der Waals surface area (Å²) in [5.74, 6) is 0.622. The Hall–Kier alpha value is -1.88. The molecule has 0 amide bonds. The van der Waals surface area contributed by atoms with Crippen molar-refractivity contribution in [1.29, 1.82) is 0 Å². The number of hydrogen-bond acceptors (Lipinski definition) is 5. The van der Waals surface area contributed by atoms with E-state index in [9.17, 15) is 0 Å². The van der Waals surface area contributed by atoms with Crippen LogP contribution in [0, 0.1) is 6.92 Å². The Balaban J connectivity index is 1.75. The van der Waals surface area contributed by atoms with Gasteiger partial charge in [-0.05, 0) is 37.4 Å². The molecule has 5 nitrogen and oxygen atoms in total. The molecule has 20 heavy (non-hydrogen) atoms. The Morgan fingerprint density at radius 1 is 1.15 bits per heavy atom. The molecule has 0 saturated carbocycles. The summed E-state index contributed by atoms with van der Waals surface area (Å²) in [6.45, 7) is 6.62. The topological polar surface area (TPSA) is 63.0 Å². The van der Waals surface area contributed by atoms with Crippen LogP contribution in [0.3, 0.4) is 0 Å². The number of aryl methyl sites for hydroxylation is 1. The quantitative estimate of drug-likeness (QED) is 0.724. The Labute approximate surface area is 119 Å². The molecule has 108 valence electrons. The number of rotatable bonds is 8. The maximum atomic E-state index is 5.50. The van der Waals surface area contributed by atoms with Gasteiger partial charge in [-0.15, -0.1) is 5.10 Å². The first-order valence-electron chi connectivity index (χ1n) is 7.11. The standard InChI is InChI=1S/C15H22N4O/c1-3-9-16-11-14-18-19-15(20-14)17-10-8-13-7-5-4-6-12(13)2/h4-7,16H,3,8-11H2,1-2H3,(H,17,19). The van der Waals surface area contributed by atoms with Crippen LogP contribution in [0.15, 0.2) is 28.7 Å². The highest BCUT2D eigenvalue weighted by Gasteiger charge is 2.05. The summed E-state index contributed by atoms with van der Waals surface area (Å²) >= 11 is 0. The van der Waals surface area contributed by atoms with Crippen LogP contribution in [0.1, 0.15) is 30.4 Å². The lowest BCUT2D eigenvalue weighted by molar-refractivity contribution is 0.477. The van der Waals surface area contributed by atoms with Crippen molar-refractivity contribution in [2.75, 3.05) is 18.4 Å². The zero-order valence-electron chi connectivity index (χ0n) is 12.1. The zero-order valence-corrected chi connectivity index (χ0v) is 12.1. The monoisotopic (exact) mass is 274 g/mol. The fourth-order valence-electron chi connectivity index (χ4n) is 1.96. The lowest BCUT2D eigenvalue weighted by Gasteiger charge is -2.05. The number of nitrogens with one attached hydrogen (secondary N) is 2. The normalized spacial score (nSPS) is 10.7. The highest BCUT2D eigenvalue weighted by molar-refractivity contribution is 5.27. The molecule has 2 N–H and O–H groups in total. The van der Waals surface area contributed by atoms with Gasteiger partial charge in [0, 0.05) is 6.54 Å². The molecular formula is C15H22N4O. The van der Waals surface area contributed by atoms with Gasteiger partial charge in [0.05, 0.1) is 6.54 Å². The van der Waals surface area contributed by atoms with Crippen molar-refractivity contribution >= 4 is 6.01 Å². The molecule has 2 rings (SSSR count). The molecule has 0 aliphatic carbocycles. The summed E-state index contributed by atoms with van der Waals surface area (Å²) in [7, 11) is 0. The molecule has 0 aliphatic rings. The lowest BCUT2D eigenvalue weighted by Crippen LogP contribution is -2.13. The Kier molecular flexibility index (Phi) is 5.55. The van der Waals surface area contributed by atoms with Crippen LogP contribution in [0.5, 0.6) is 0 Å². The van der Waals surface area contributed by atoms with Crippen LogP contribution in [0.2, 0.25) is 0 Å². The van der Waals surface area contributed by atoms with Gasteiger partial charge in [-0.3, -0.25) is 0 Å². The van der Waals surface area contributed by atoms with E-state index in [1.165, 1.54) is 11.1 Å². The van der Waals surface area contributed by atoms with Crippen LogP contribution in [0.25, 0.3) is 0 Å². The highest BCUT2D eigenvalue weighted by Crippen LogP contribution is 2.09. The number of aromatic nitrogens is 2. The summed E-state index contributed by atoms with van der Waals surface area (Å²) in [6.07, 6.45) is 2.04. The Morgan fingerprint density at radius 2 is 2.00 bits per heavy atom. The van der Waals surface area contributed by atoms with Gasteiger partial charge in [-0.2, -0.15) is 0 Å². The largest absolute Gasteiger partial charge is 0.407 e. The minimum Gasteiger partial charge on any atom is -0.407 e. The zero-order chi connectivity index (χ0) is 14.2. The lowest BCUT2D eigenvalue weighted by atomic mass is 10.1. The van der Waals surface area contributed by atoms with Gasteiger partial charge >= 0.3 is 6.01 Å². The number of nitrogens with zero attached hydrogens (tertiary/aromatic N) is 2. The molecular weight excluding hydrogens is 252 g/mol. The molecule has 0 spiro atoms. The van der Waals surface area contributed by atoms with Gasteiger partial charge in [0.15, 0.2) is 0 Å². The van der Waals surface area contributed by atoms with E-state index in [0.717, 1.165) is 25.9 Å². The predicted molar refractivity (Wildman–Crippen MR) is 79.7 cm³/mol. The predicted octanol–water partition coefficient (Wildman–Crippen LogP) is 2.53. The van der Waals surface area contributed by atoms with Crippen molar-refractivity contribution in [3.8, 4) is 0 Å². The van der Waals surface area contributed by atoms with E-state index < -0.39 is 0 Å². The fraction of sp³-hybridized carbons (Fsp3) is 0.467. The van der Waals surface area contributed by atoms with Crippen molar-refractivity contribution in [2.24, 2.45) is 0 Å². The fourth-order valence-corrected chi connectivity index (χ4v) is 1.96. The Morgan fingerprint density at radius 3 is 2.80 bits per heavy atom. The summed E-state index contributed by atoms with van der Waals surface area (Å²) < 4.78 is 5.50. The molecule has 0 unspecified atom stereocenters. The average Bonchev–Trinajstić information content (AvgIpc) is 2.89. The van der Waals surface area contributed by atoms with E-state index in [1.807, 2.05) is 0 Å². The number of benzene rings is 1. The van der Waals surface area contributed by atoms with Crippen molar-refractivity contribution in [1.82, 2.24) is 15.5 Å². The average molecular weight is 274 g/mol. The second kappa shape index (κ2) is 7.65. The highest BCUT2D eigenvalue weighted by atomic mass is 16.4. The summed E-state index contributed by atoms with van der Waals surface area (Å²) in [5.41, 5.74) is 2.65. The van der Waals surface area contributed by atoms with Crippen LogP contribution in [0.4, 0.5) is 6.01 Å². The third kappa shape index (κ3) is 4.35. The molecule has 0 radical (unpaired) electrons. The minimum atomic E-state index is 0.492. The Bertz CT molecular complexity index is 524. The van der Waals surface area contributed by atoms with Gasteiger partial charge in [0.1, 0.15) is 0 Å². The van der Waals surface area contributed by atoms with Gasteiger partial charge < -0.3 is 15.1 Å². The van der Waals surface area contributed by atoms with E-state index in [4.69, 9.17) is 4.42 Å². The molecule has 1 aromatic heterocycles. The summed E-state index contributed by atoms with van der Waals surface area (Å²) in [5, 5.41) is 14.4. The smallest absolute Gasteiger partial charge is 0.315 e. The van der Waals surface area contributed by atoms with E-state index in [2.05, 4.69) is 58.9 Å². The first-order valence-corrected chi connectivity index (χ1v) is 7.11. The molecule has 0 bridgehead atoms. The first-order chi connectivity index (χ1) is 9.79. The van der Waals surface area contributed by atoms with Gasteiger partial charge in [-0.25, -0.2) is 0 Å². The van der Waals surface area contributed by atoms with E-state index in [-0.39, 0.29) is 0 Å². The van der Waals surface area contributed by atoms with Crippen molar-refractivity contribution in [2.45, 2.75) is 33.2 Å². The minimum absolute atomic E-state index is 0.492. The van der Waals surface area contributed by atoms with E-state index >= 15 is 0 Å². The first kappa shape index (κ1) is 14.5. The van der Waals surface area contributed by atoms with E-state index in [1.54, 1.807) is 0 Å². The number of hydrogen-bond donors (Lipinski definition) is 2. The molecule has 0 fully saturated rings. The summed E-state index contributed by atoms with van der Waals surface area (Å²) in [4.78, 5) is 0. The molecule has 1 aromatic carbocycles. The molecule has 0 saturated heterocycles. The second-order valence-corrected chi connectivity index (χ2v) is 4.78. The SMILES string of the molecule is CCCNCc1nnc(NCCc2ccccc2C)o1. The van der Waals surface area contributed by atoms with Crippen molar-refractivity contribution < 1.29 is 4.42 Å². The van der Waals surface area contributed by atoms with Crippen LogP contribution in [-0.4, -0.2) is 23.3 Å². The summed E-state index contributed by atoms with van der Waals surface area (Å²) in [6, 6.07) is 8.88. The molecule has 2 aromatic rings. The molecule has 1 heterocycles. The van der Waals surface area contributed by atoms with Crippen molar-refractivity contribution in [3.63, 3.8) is 0 Å². The number of anilines is 1. The third-order valence-corrected chi connectivity index (χ3v) is 3.10.